The number of hydrogen-bond acceptors (Lipinski definition) is 5. The fourth-order valence-corrected chi connectivity index (χ4v) is 8.18. The number of fused-ring (bicyclic) bond motifs is 2. The van der Waals surface area contributed by atoms with Gasteiger partial charge < -0.3 is 24.4 Å². The number of ether oxygens (including phenoxy) is 2. The van der Waals surface area contributed by atoms with Crippen LogP contribution in [0.1, 0.15) is 70.8 Å². The number of likely N-dealkylation sites (tertiary alicyclic amines) is 1. The van der Waals surface area contributed by atoms with E-state index in [4.69, 9.17) is 9.47 Å². The molecule has 3 aromatic rings. The lowest BCUT2D eigenvalue weighted by Gasteiger charge is -2.44. The molecule has 1 N–H and O–H groups in total. The Kier molecular flexibility index (Phi) is 10.6. The number of benzene rings is 3. The van der Waals surface area contributed by atoms with E-state index in [2.05, 4.69) is 26.9 Å². The maximum absolute atomic E-state index is 14.3. The quantitative estimate of drug-likeness (QED) is 0.220. The largest absolute Gasteiger partial charge is 0.479 e. The highest BCUT2D eigenvalue weighted by Crippen LogP contribution is 2.49. The molecule has 0 aromatic heterocycles. The van der Waals surface area contributed by atoms with Crippen molar-refractivity contribution in [1.82, 2.24) is 9.80 Å². The molecule has 3 atom stereocenters. The van der Waals surface area contributed by atoms with Crippen LogP contribution in [0.5, 0.6) is 0 Å². The summed E-state index contributed by atoms with van der Waals surface area (Å²) in [6, 6.07) is 12.9. The number of amides is 1. The number of alkyl halides is 6. The van der Waals surface area contributed by atoms with E-state index >= 15 is 0 Å². The molecule has 0 radical (unpaired) electrons. The first-order valence-electron chi connectivity index (χ1n) is 16.8. The van der Waals surface area contributed by atoms with Crippen LogP contribution in [0, 0.1) is 5.82 Å². The number of halogens is 8. The highest BCUT2D eigenvalue weighted by atomic mass is 79.9. The molecular weight excluding hydrogens is 765 g/mol. The summed E-state index contributed by atoms with van der Waals surface area (Å²) in [6.07, 6.45) is -9.02. The van der Waals surface area contributed by atoms with Gasteiger partial charge in [-0.25, -0.2) is 9.18 Å². The SMILES string of the molecule is CCC(O[C@H]1Cc2ccccc2C12CCN(CC[C@]1(c3ccc(F)c(Br)c3)CN(C(=O)c3cc(C(F)(F)F)cc(C(F)(F)F)c3)CO1)CC2)C(=O)O. The van der Waals surface area contributed by atoms with E-state index in [0.717, 1.165) is 16.0 Å². The minimum Gasteiger partial charge on any atom is -0.479 e. The van der Waals surface area contributed by atoms with Crippen molar-refractivity contribution in [3.8, 4) is 0 Å². The lowest BCUT2D eigenvalue weighted by molar-refractivity contribution is -0.158. The smallest absolute Gasteiger partial charge is 0.416 e. The average Bonchev–Trinajstić information content (AvgIpc) is 3.67. The van der Waals surface area contributed by atoms with Crippen LogP contribution in [0.3, 0.4) is 0 Å². The molecule has 2 heterocycles. The molecule has 2 aliphatic heterocycles. The molecule has 1 aliphatic carbocycles. The molecule has 280 valence electrons. The van der Waals surface area contributed by atoms with Crippen LogP contribution in [-0.4, -0.2) is 71.9 Å². The zero-order valence-corrected chi connectivity index (χ0v) is 29.6. The topological polar surface area (TPSA) is 79.3 Å². The maximum atomic E-state index is 14.3. The molecule has 52 heavy (non-hydrogen) atoms. The Bertz CT molecular complexity index is 1800. The molecule has 0 saturated carbocycles. The molecule has 1 amide bonds. The number of carboxylic acid groups (broad SMARTS) is 1. The summed E-state index contributed by atoms with van der Waals surface area (Å²) in [5, 5.41) is 9.73. The number of piperidine rings is 1. The van der Waals surface area contributed by atoms with Gasteiger partial charge in [0.15, 0.2) is 6.10 Å². The first-order chi connectivity index (χ1) is 24.5. The molecule has 2 saturated heterocycles. The summed E-state index contributed by atoms with van der Waals surface area (Å²) in [4.78, 5) is 28.7. The van der Waals surface area contributed by atoms with Gasteiger partial charge in [-0.15, -0.1) is 0 Å². The zero-order valence-electron chi connectivity index (χ0n) is 28.0. The third-order valence-corrected chi connectivity index (χ3v) is 11.2. The third-order valence-electron chi connectivity index (χ3n) is 10.6. The molecule has 15 heteroatoms. The summed E-state index contributed by atoms with van der Waals surface area (Å²) in [5.74, 6) is -2.64. The standard InChI is InChI=1S/C37H36BrF7N2O5/c1-2-30(33(49)50)52-31-17-22-5-3-4-6-27(22)34(31)9-12-46(13-10-34)14-11-35(24-7-8-29(39)28(38)19-24)20-47(21-51-35)32(48)23-15-25(36(40,41)42)18-26(16-23)37(43,44)45/h3-8,15-16,18-19,30-31H,2,9-14,17,20-21H2,1H3,(H,49,50)/t30?,31-,35+/m0/s1. The fraction of sp³-hybridized carbons (Fsp3) is 0.459. The van der Waals surface area contributed by atoms with Crippen molar-refractivity contribution in [1.29, 1.82) is 0 Å². The van der Waals surface area contributed by atoms with Gasteiger partial charge in [-0.2, -0.15) is 26.3 Å². The van der Waals surface area contributed by atoms with Crippen molar-refractivity contribution < 1.29 is 54.9 Å². The highest BCUT2D eigenvalue weighted by molar-refractivity contribution is 9.10. The Morgan fingerprint density at radius 1 is 1.00 bits per heavy atom. The van der Waals surface area contributed by atoms with Crippen molar-refractivity contribution in [2.24, 2.45) is 0 Å². The number of aliphatic carboxylic acids is 1. The lowest BCUT2D eigenvalue weighted by Crippen LogP contribution is -2.50. The summed E-state index contributed by atoms with van der Waals surface area (Å²) in [5.41, 5.74) is -2.92. The van der Waals surface area contributed by atoms with Crippen molar-refractivity contribution in [2.45, 2.75) is 74.6 Å². The van der Waals surface area contributed by atoms with Gasteiger partial charge in [0.1, 0.15) is 18.1 Å². The van der Waals surface area contributed by atoms with Gasteiger partial charge in [0, 0.05) is 17.5 Å². The number of nitrogens with zero attached hydrogens (tertiary/aromatic N) is 2. The van der Waals surface area contributed by atoms with Gasteiger partial charge in [0.25, 0.3) is 5.91 Å². The summed E-state index contributed by atoms with van der Waals surface area (Å²) >= 11 is 3.18. The lowest BCUT2D eigenvalue weighted by atomic mass is 9.72. The number of hydrogen-bond donors (Lipinski definition) is 1. The van der Waals surface area contributed by atoms with E-state index in [1.54, 1.807) is 6.92 Å². The molecule has 7 nitrogen and oxygen atoms in total. The first kappa shape index (κ1) is 38.2. The molecule has 1 unspecified atom stereocenters. The Morgan fingerprint density at radius 3 is 2.25 bits per heavy atom. The number of carbonyl (C=O) groups is 2. The molecule has 3 aromatic carbocycles. The first-order valence-corrected chi connectivity index (χ1v) is 17.6. The molecule has 0 bridgehead atoms. The van der Waals surface area contributed by atoms with Crippen LogP contribution < -0.4 is 0 Å². The second-order valence-electron chi connectivity index (χ2n) is 13.7. The molecule has 2 fully saturated rings. The number of carbonyl (C=O) groups excluding carboxylic acids is 1. The van der Waals surface area contributed by atoms with E-state index < -0.39 is 70.6 Å². The minimum atomic E-state index is -5.13. The van der Waals surface area contributed by atoms with E-state index in [0.29, 0.717) is 63.0 Å². The number of rotatable bonds is 9. The van der Waals surface area contributed by atoms with Gasteiger partial charge >= 0.3 is 18.3 Å². The van der Waals surface area contributed by atoms with Crippen LogP contribution in [0.2, 0.25) is 0 Å². The monoisotopic (exact) mass is 800 g/mol. The summed E-state index contributed by atoms with van der Waals surface area (Å²) in [7, 11) is 0. The molecule has 6 rings (SSSR count). The van der Waals surface area contributed by atoms with E-state index in [9.17, 15) is 45.4 Å². The van der Waals surface area contributed by atoms with E-state index in [1.807, 2.05) is 18.2 Å². The molecule has 3 aliphatic rings. The Hall–Kier alpha value is -3.53. The van der Waals surface area contributed by atoms with Gasteiger partial charge in [0.05, 0.1) is 28.2 Å². The van der Waals surface area contributed by atoms with E-state index in [1.165, 1.54) is 18.2 Å². The third kappa shape index (κ3) is 7.46. The second kappa shape index (κ2) is 14.4. The fourth-order valence-electron chi connectivity index (χ4n) is 7.81. The van der Waals surface area contributed by atoms with Gasteiger partial charge in [0.2, 0.25) is 0 Å². The van der Waals surface area contributed by atoms with Crippen LogP contribution in [0.25, 0.3) is 0 Å². The maximum Gasteiger partial charge on any atom is 0.416 e. The summed E-state index contributed by atoms with van der Waals surface area (Å²) in [6.45, 7) is 2.77. The van der Waals surface area contributed by atoms with Crippen molar-refractivity contribution >= 4 is 27.8 Å². The zero-order chi connectivity index (χ0) is 37.6. The van der Waals surface area contributed by atoms with Crippen LogP contribution >= 0.6 is 15.9 Å². The normalized spacial score (nSPS) is 22.5. The van der Waals surface area contributed by atoms with Crippen LogP contribution in [0.4, 0.5) is 30.7 Å². The molecule has 1 spiro atoms. The predicted octanol–water partition coefficient (Wildman–Crippen LogP) is 8.18. The van der Waals surface area contributed by atoms with E-state index in [-0.39, 0.29) is 29.6 Å². The average molecular weight is 802 g/mol. The Labute approximate surface area is 303 Å². The van der Waals surface area contributed by atoms with Crippen molar-refractivity contribution in [2.75, 3.05) is 32.9 Å². The Balaban J connectivity index is 1.23. The second-order valence-corrected chi connectivity index (χ2v) is 14.5. The predicted molar refractivity (Wildman–Crippen MR) is 178 cm³/mol. The van der Waals surface area contributed by atoms with Gasteiger partial charge in [-0.05, 0) is 108 Å². The minimum absolute atomic E-state index is 0.0346. The van der Waals surface area contributed by atoms with Gasteiger partial charge in [-0.1, -0.05) is 37.3 Å². The van der Waals surface area contributed by atoms with Crippen molar-refractivity contribution in [3.05, 3.63) is 104 Å². The highest BCUT2D eigenvalue weighted by Gasteiger charge is 2.51. The number of carboxylic acids is 1. The molecular formula is C37H36BrF7N2O5. The Morgan fingerprint density at radius 2 is 1.65 bits per heavy atom. The van der Waals surface area contributed by atoms with Crippen LogP contribution in [-0.2, 0) is 44.1 Å². The van der Waals surface area contributed by atoms with Crippen molar-refractivity contribution in [3.63, 3.8) is 0 Å². The summed E-state index contributed by atoms with van der Waals surface area (Å²) < 4.78 is 108. The van der Waals surface area contributed by atoms with Gasteiger partial charge in [-0.3, -0.25) is 4.79 Å². The van der Waals surface area contributed by atoms with Crippen LogP contribution in [0.15, 0.2) is 65.1 Å².